The van der Waals surface area contributed by atoms with Gasteiger partial charge in [-0.2, -0.15) is 0 Å². The van der Waals surface area contributed by atoms with Crippen molar-refractivity contribution in [1.29, 1.82) is 5.41 Å². The Morgan fingerprint density at radius 2 is 1.49 bits per heavy atom. The number of benzene rings is 5. The van der Waals surface area contributed by atoms with E-state index in [0.29, 0.717) is 11.3 Å². The number of anilines is 1. The lowest BCUT2D eigenvalue weighted by Crippen LogP contribution is -2.13. The highest BCUT2D eigenvalue weighted by Crippen LogP contribution is 2.32. The summed E-state index contributed by atoms with van der Waals surface area (Å²) in [4.78, 5) is 11.9. The van der Waals surface area contributed by atoms with Crippen LogP contribution in [-0.2, 0) is 10.0 Å². The summed E-state index contributed by atoms with van der Waals surface area (Å²) in [5.41, 5.74) is 6.17. The van der Waals surface area contributed by atoms with Crippen LogP contribution in [0.3, 0.4) is 0 Å². The first-order chi connectivity index (χ1) is 17.7. The fraction of sp³-hybridized carbons (Fsp3) is 0. The highest BCUT2D eigenvalue weighted by molar-refractivity contribution is 7.92. The van der Waals surface area contributed by atoms with Crippen molar-refractivity contribution < 1.29 is 23.1 Å². The van der Waals surface area contributed by atoms with Crippen molar-refractivity contribution in [2.24, 2.45) is 5.73 Å². The van der Waals surface area contributed by atoms with Crippen molar-refractivity contribution in [2.75, 3.05) is 4.72 Å². The summed E-state index contributed by atoms with van der Waals surface area (Å²) in [5, 5.41) is 20.6. The van der Waals surface area contributed by atoms with Gasteiger partial charge in [0.1, 0.15) is 22.9 Å². The lowest BCUT2D eigenvalue weighted by molar-refractivity contribution is 0.0694. The molecule has 5 rings (SSSR count). The van der Waals surface area contributed by atoms with E-state index in [1.54, 1.807) is 48.5 Å². The van der Waals surface area contributed by atoms with Gasteiger partial charge in [0.15, 0.2) is 0 Å². The van der Waals surface area contributed by atoms with Gasteiger partial charge < -0.3 is 15.6 Å². The molecule has 0 saturated heterocycles. The summed E-state index contributed by atoms with van der Waals surface area (Å²) in [6.07, 6.45) is 0. The number of fused-ring (bicyclic) bond motifs is 2. The third-order valence-electron chi connectivity index (χ3n) is 5.85. The molecule has 0 unspecified atom stereocenters. The van der Waals surface area contributed by atoms with E-state index in [2.05, 4.69) is 4.72 Å². The van der Waals surface area contributed by atoms with Gasteiger partial charge in [0.2, 0.25) is 0 Å². The largest absolute Gasteiger partial charge is 0.478 e. The number of ether oxygens (including phenoxy) is 1. The van der Waals surface area contributed by atoms with Crippen LogP contribution in [0.4, 0.5) is 5.69 Å². The van der Waals surface area contributed by atoms with Gasteiger partial charge in [-0.05, 0) is 64.0 Å². The molecule has 0 aliphatic rings. The number of hydrogen-bond donors (Lipinski definition) is 4. The van der Waals surface area contributed by atoms with E-state index in [0.717, 1.165) is 21.5 Å². The minimum atomic E-state index is -3.95. The van der Waals surface area contributed by atoms with Crippen LogP contribution in [0.25, 0.3) is 21.5 Å². The first-order valence-electron chi connectivity index (χ1n) is 11.1. The number of sulfonamides is 1. The molecule has 184 valence electrons. The van der Waals surface area contributed by atoms with E-state index < -0.39 is 16.0 Å². The fourth-order valence-electron chi connectivity index (χ4n) is 3.98. The van der Waals surface area contributed by atoms with Crippen LogP contribution >= 0.6 is 0 Å². The third kappa shape index (κ3) is 4.93. The van der Waals surface area contributed by atoms with Crippen LogP contribution in [-0.4, -0.2) is 25.3 Å². The highest BCUT2D eigenvalue weighted by atomic mass is 32.2. The van der Waals surface area contributed by atoms with Gasteiger partial charge in [-0.3, -0.25) is 10.1 Å². The zero-order valence-corrected chi connectivity index (χ0v) is 20.1. The molecule has 0 amide bonds. The molecular formula is C28H21N3O5S. The minimum Gasteiger partial charge on any atom is -0.478 e. The molecule has 37 heavy (non-hydrogen) atoms. The van der Waals surface area contributed by atoms with Crippen LogP contribution in [0.5, 0.6) is 11.5 Å². The Labute approximate surface area is 212 Å². The van der Waals surface area contributed by atoms with Crippen LogP contribution < -0.4 is 15.2 Å². The van der Waals surface area contributed by atoms with Crippen molar-refractivity contribution in [2.45, 2.75) is 4.90 Å². The number of nitrogen functional groups attached to an aromatic ring is 1. The molecule has 0 aliphatic heterocycles. The molecule has 0 spiro atoms. The number of carboxylic acids is 1. The second kappa shape index (κ2) is 9.29. The standard InChI is InChI=1S/C28H21N3O5S/c29-27(30)21-6-5-20-14-23(10-7-19(20)13-21)36-26-16-22(9-12-25(26)28(32)33)31-37(34,35)24-11-8-17-3-1-2-4-18(17)15-24/h1-16,31H,(H3,29,30)(H,32,33). The maximum Gasteiger partial charge on any atom is 0.339 e. The molecule has 5 aromatic carbocycles. The summed E-state index contributed by atoms with van der Waals surface area (Å²) in [6.45, 7) is 0. The van der Waals surface area contributed by atoms with Crippen LogP contribution in [0.15, 0.2) is 102 Å². The average molecular weight is 512 g/mol. The van der Waals surface area contributed by atoms with Crippen LogP contribution in [0, 0.1) is 5.41 Å². The van der Waals surface area contributed by atoms with Gasteiger partial charge in [-0.25, -0.2) is 13.2 Å². The monoisotopic (exact) mass is 511 g/mol. The van der Waals surface area contributed by atoms with Gasteiger partial charge in [0.05, 0.1) is 10.6 Å². The van der Waals surface area contributed by atoms with Crippen molar-refractivity contribution in [3.63, 3.8) is 0 Å². The van der Waals surface area contributed by atoms with E-state index in [1.807, 2.05) is 24.3 Å². The highest BCUT2D eigenvalue weighted by Gasteiger charge is 2.18. The topological polar surface area (TPSA) is 143 Å². The Balaban J connectivity index is 1.46. The van der Waals surface area contributed by atoms with Crippen molar-refractivity contribution in [1.82, 2.24) is 0 Å². The molecule has 5 aromatic rings. The number of hydrogen-bond acceptors (Lipinski definition) is 5. The lowest BCUT2D eigenvalue weighted by atomic mass is 10.1. The Bertz CT molecular complexity index is 1820. The molecule has 0 aliphatic carbocycles. The van der Waals surface area contributed by atoms with Crippen molar-refractivity contribution in [3.05, 3.63) is 108 Å². The number of carbonyl (C=O) groups is 1. The van der Waals surface area contributed by atoms with E-state index in [1.165, 1.54) is 24.3 Å². The maximum absolute atomic E-state index is 13.1. The number of carboxylic acid groups (broad SMARTS) is 1. The predicted molar refractivity (Wildman–Crippen MR) is 143 cm³/mol. The fourth-order valence-corrected chi connectivity index (χ4v) is 5.06. The molecular weight excluding hydrogens is 490 g/mol. The molecule has 0 saturated carbocycles. The zero-order valence-electron chi connectivity index (χ0n) is 19.3. The van der Waals surface area contributed by atoms with Gasteiger partial charge >= 0.3 is 5.97 Å². The van der Waals surface area contributed by atoms with E-state index in [4.69, 9.17) is 15.9 Å². The Hall–Kier alpha value is -4.89. The Morgan fingerprint density at radius 3 is 2.24 bits per heavy atom. The molecule has 0 bridgehead atoms. The Kier molecular flexibility index (Phi) is 5.98. The molecule has 0 heterocycles. The molecule has 5 N–H and O–H groups in total. The number of aromatic carboxylic acids is 1. The van der Waals surface area contributed by atoms with Gasteiger partial charge in [0, 0.05) is 11.6 Å². The number of nitrogens with one attached hydrogen (secondary N) is 2. The van der Waals surface area contributed by atoms with Gasteiger partial charge in [-0.15, -0.1) is 0 Å². The number of amidine groups is 1. The molecule has 0 fully saturated rings. The zero-order chi connectivity index (χ0) is 26.2. The first-order valence-corrected chi connectivity index (χ1v) is 12.6. The average Bonchev–Trinajstić information content (AvgIpc) is 2.87. The number of nitrogens with two attached hydrogens (primary N) is 1. The van der Waals surface area contributed by atoms with Gasteiger partial charge in [-0.1, -0.05) is 48.5 Å². The summed E-state index contributed by atoms with van der Waals surface area (Å²) in [6, 6.07) is 26.6. The van der Waals surface area contributed by atoms with E-state index in [9.17, 15) is 18.3 Å². The van der Waals surface area contributed by atoms with Crippen molar-refractivity contribution >= 4 is 49.1 Å². The van der Waals surface area contributed by atoms with Crippen LogP contribution in [0.1, 0.15) is 15.9 Å². The number of rotatable bonds is 7. The van der Waals surface area contributed by atoms with E-state index in [-0.39, 0.29) is 27.7 Å². The quantitative estimate of drug-likeness (QED) is 0.166. The second-order valence-electron chi connectivity index (χ2n) is 8.37. The summed E-state index contributed by atoms with van der Waals surface area (Å²) in [7, 11) is -3.95. The summed E-state index contributed by atoms with van der Waals surface area (Å²) < 4.78 is 34.5. The van der Waals surface area contributed by atoms with Gasteiger partial charge in [0.25, 0.3) is 10.0 Å². The minimum absolute atomic E-state index is 0.0223. The van der Waals surface area contributed by atoms with Crippen LogP contribution in [0.2, 0.25) is 0 Å². The predicted octanol–water partition coefficient (Wildman–Crippen LogP) is 5.57. The molecule has 8 nitrogen and oxygen atoms in total. The molecule has 0 radical (unpaired) electrons. The van der Waals surface area contributed by atoms with Crippen molar-refractivity contribution in [3.8, 4) is 11.5 Å². The smallest absolute Gasteiger partial charge is 0.339 e. The lowest BCUT2D eigenvalue weighted by Gasteiger charge is -2.13. The molecule has 0 atom stereocenters. The van der Waals surface area contributed by atoms with E-state index >= 15 is 0 Å². The molecule has 9 heteroatoms. The third-order valence-corrected chi connectivity index (χ3v) is 7.22. The summed E-state index contributed by atoms with van der Waals surface area (Å²) in [5.74, 6) is -0.923. The Morgan fingerprint density at radius 1 is 0.811 bits per heavy atom. The second-order valence-corrected chi connectivity index (χ2v) is 10.1. The maximum atomic E-state index is 13.1. The summed E-state index contributed by atoms with van der Waals surface area (Å²) >= 11 is 0. The first kappa shape index (κ1) is 23.8. The molecule has 0 aromatic heterocycles. The SMILES string of the molecule is N=C(N)c1ccc2cc(Oc3cc(NS(=O)(=O)c4ccc5ccccc5c4)ccc3C(=O)O)ccc2c1. The normalized spacial score (nSPS) is 11.4.